The minimum Gasteiger partial charge on any atom is -0.506 e. The summed E-state index contributed by atoms with van der Waals surface area (Å²) in [5.74, 6) is -0.790. The van der Waals surface area contributed by atoms with E-state index in [2.05, 4.69) is 10.3 Å². The topological polar surface area (TPSA) is 82.2 Å². The Kier molecular flexibility index (Phi) is 4.28. The van der Waals surface area contributed by atoms with Gasteiger partial charge >= 0.3 is 0 Å². The molecular formula is C20H20N2O3S. The molecule has 6 heteroatoms. The van der Waals surface area contributed by atoms with Gasteiger partial charge in [0.1, 0.15) is 16.1 Å². The number of rotatable bonds is 3. The van der Waals surface area contributed by atoms with Crippen LogP contribution in [0.3, 0.4) is 0 Å². The van der Waals surface area contributed by atoms with E-state index in [1.807, 2.05) is 25.1 Å². The summed E-state index contributed by atoms with van der Waals surface area (Å²) in [5, 5.41) is 14.1. The van der Waals surface area contributed by atoms with Crippen LogP contribution in [-0.4, -0.2) is 16.0 Å². The highest BCUT2D eigenvalue weighted by Gasteiger charge is 2.25. The second-order valence-electron chi connectivity index (χ2n) is 6.60. The molecule has 0 unspecified atom stereocenters. The maximum Gasteiger partial charge on any atom is 0.265 e. The molecule has 0 bridgehead atoms. The van der Waals surface area contributed by atoms with Gasteiger partial charge in [0, 0.05) is 10.6 Å². The second kappa shape index (κ2) is 6.61. The van der Waals surface area contributed by atoms with Crippen molar-refractivity contribution in [2.45, 2.75) is 39.0 Å². The normalized spacial score (nSPS) is 13.6. The molecule has 0 aliphatic heterocycles. The number of hydrogen-bond donors (Lipinski definition) is 3. The average molecular weight is 368 g/mol. The fourth-order valence-corrected chi connectivity index (χ4v) is 4.86. The van der Waals surface area contributed by atoms with Gasteiger partial charge in [0.05, 0.1) is 5.39 Å². The predicted octanol–water partition coefficient (Wildman–Crippen LogP) is 3.99. The lowest BCUT2D eigenvalue weighted by atomic mass is 9.96. The molecule has 3 N–H and O–H groups in total. The maximum absolute atomic E-state index is 12.7. The van der Waals surface area contributed by atoms with Gasteiger partial charge in [0.15, 0.2) is 0 Å². The van der Waals surface area contributed by atoms with Gasteiger partial charge in [0.2, 0.25) is 0 Å². The third-order valence-corrected chi connectivity index (χ3v) is 6.13. The molecule has 2 heterocycles. The fourth-order valence-electron chi connectivity index (χ4n) is 3.58. The summed E-state index contributed by atoms with van der Waals surface area (Å²) in [6.07, 6.45) is 4.85. The largest absolute Gasteiger partial charge is 0.506 e. The van der Waals surface area contributed by atoms with Crippen molar-refractivity contribution < 1.29 is 9.90 Å². The molecule has 134 valence electrons. The van der Waals surface area contributed by atoms with Crippen molar-refractivity contribution in [3.63, 3.8) is 0 Å². The first-order valence-electron chi connectivity index (χ1n) is 8.88. The van der Waals surface area contributed by atoms with Crippen LogP contribution >= 0.6 is 11.3 Å². The van der Waals surface area contributed by atoms with Crippen LogP contribution in [0.5, 0.6) is 5.75 Å². The van der Waals surface area contributed by atoms with Gasteiger partial charge in [-0.1, -0.05) is 19.1 Å². The first-order chi connectivity index (χ1) is 12.6. The molecule has 2 aromatic heterocycles. The molecule has 0 saturated heterocycles. The lowest BCUT2D eigenvalue weighted by Crippen LogP contribution is -2.23. The number of aromatic amines is 1. The number of hydrogen-bond acceptors (Lipinski definition) is 4. The van der Waals surface area contributed by atoms with E-state index in [4.69, 9.17) is 0 Å². The van der Waals surface area contributed by atoms with Gasteiger partial charge < -0.3 is 15.4 Å². The van der Waals surface area contributed by atoms with Gasteiger partial charge in [-0.2, -0.15) is 0 Å². The standard InChI is InChI=1S/C20H20N2O3S/c1-2-11-6-5-7-12(10-11)21-18(24)16-17(23)15-13-8-3-4-9-14(13)26-20(15)22-19(16)25/h5-7,10H,2-4,8-9H2,1H3,(H,21,24)(H2,22,23,25). The maximum atomic E-state index is 12.7. The summed E-state index contributed by atoms with van der Waals surface area (Å²) >= 11 is 1.51. The lowest BCUT2D eigenvalue weighted by Gasteiger charge is -2.12. The number of aromatic nitrogens is 1. The van der Waals surface area contributed by atoms with Crippen molar-refractivity contribution in [3.8, 4) is 5.75 Å². The number of carbonyl (C=O) groups excluding carboxylic acids is 1. The Balaban J connectivity index is 1.78. The first kappa shape index (κ1) is 16.8. The monoisotopic (exact) mass is 368 g/mol. The van der Waals surface area contributed by atoms with Gasteiger partial charge in [-0.25, -0.2) is 0 Å². The number of aromatic hydroxyl groups is 1. The highest BCUT2D eigenvalue weighted by molar-refractivity contribution is 7.18. The molecule has 1 aliphatic rings. The number of nitrogens with one attached hydrogen (secondary N) is 2. The Hall–Kier alpha value is -2.60. The van der Waals surface area contributed by atoms with Crippen LogP contribution < -0.4 is 10.9 Å². The molecule has 0 spiro atoms. The molecule has 0 fully saturated rings. The van der Waals surface area contributed by atoms with E-state index in [0.717, 1.165) is 43.2 Å². The molecule has 3 aromatic rings. The van der Waals surface area contributed by atoms with E-state index in [-0.39, 0.29) is 11.3 Å². The van der Waals surface area contributed by atoms with Crippen LogP contribution in [0.25, 0.3) is 10.2 Å². The number of aryl methyl sites for hydroxylation is 3. The van der Waals surface area contributed by atoms with Gasteiger partial charge in [0.25, 0.3) is 11.5 Å². The summed E-state index contributed by atoms with van der Waals surface area (Å²) in [6, 6.07) is 7.47. The quantitative estimate of drug-likeness (QED) is 0.654. The number of anilines is 1. The molecule has 0 radical (unpaired) electrons. The first-order valence-corrected chi connectivity index (χ1v) is 9.70. The third kappa shape index (κ3) is 2.80. The summed E-state index contributed by atoms with van der Waals surface area (Å²) in [6.45, 7) is 2.03. The van der Waals surface area contributed by atoms with Gasteiger partial charge in [-0.05, 0) is 55.4 Å². The van der Waals surface area contributed by atoms with E-state index in [9.17, 15) is 14.7 Å². The van der Waals surface area contributed by atoms with Gasteiger partial charge in [-0.15, -0.1) is 11.3 Å². The smallest absolute Gasteiger partial charge is 0.265 e. The predicted molar refractivity (Wildman–Crippen MR) is 105 cm³/mol. The summed E-state index contributed by atoms with van der Waals surface area (Å²) in [5.41, 5.74) is 2.00. The number of H-pyrrole nitrogens is 1. The van der Waals surface area contributed by atoms with Crippen molar-refractivity contribution in [1.82, 2.24) is 4.98 Å². The van der Waals surface area contributed by atoms with Crippen molar-refractivity contribution in [2.24, 2.45) is 0 Å². The van der Waals surface area contributed by atoms with Gasteiger partial charge in [-0.3, -0.25) is 9.59 Å². The molecule has 0 atom stereocenters. The zero-order valence-electron chi connectivity index (χ0n) is 14.5. The Morgan fingerprint density at radius 3 is 2.92 bits per heavy atom. The highest BCUT2D eigenvalue weighted by atomic mass is 32.1. The zero-order chi connectivity index (χ0) is 18.3. The van der Waals surface area contributed by atoms with Crippen LogP contribution in [0.2, 0.25) is 0 Å². The highest BCUT2D eigenvalue weighted by Crippen LogP contribution is 2.40. The van der Waals surface area contributed by atoms with E-state index in [0.29, 0.717) is 15.9 Å². The minimum absolute atomic E-state index is 0.202. The van der Waals surface area contributed by atoms with E-state index >= 15 is 0 Å². The Labute approximate surface area is 154 Å². The number of fused-ring (bicyclic) bond motifs is 3. The van der Waals surface area contributed by atoms with Crippen LogP contribution in [0.1, 0.15) is 46.1 Å². The van der Waals surface area contributed by atoms with E-state index < -0.39 is 11.5 Å². The van der Waals surface area contributed by atoms with E-state index in [1.165, 1.54) is 16.2 Å². The number of benzene rings is 1. The van der Waals surface area contributed by atoms with Crippen molar-refractivity contribution in [2.75, 3.05) is 5.32 Å². The Morgan fingerprint density at radius 2 is 2.12 bits per heavy atom. The third-order valence-electron chi connectivity index (χ3n) is 4.92. The molecular weight excluding hydrogens is 348 g/mol. The molecule has 26 heavy (non-hydrogen) atoms. The molecule has 1 aromatic carbocycles. The van der Waals surface area contributed by atoms with Crippen molar-refractivity contribution >= 4 is 33.1 Å². The SMILES string of the molecule is CCc1cccc(NC(=O)c2c(O)c3c4c(sc3[nH]c2=O)CCCC4)c1. The van der Waals surface area contributed by atoms with Crippen LogP contribution in [0.4, 0.5) is 5.69 Å². The number of amides is 1. The summed E-state index contributed by atoms with van der Waals surface area (Å²) in [4.78, 5) is 29.8. The molecule has 0 saturated carbocycles. The van der Waals surface area contributed by atoms with Crippen LogP contribution in [0.15, 0.2) is 29.1 Å². The van der Waals surface area contributed by atoms with Crippen LogP contribution in [-0.2, 0) is 19.3 Å². The molecule has 4 rings (SSSR count). The zero-order valence-corrected chi connectivity index (χ0v) is 15.3. The minimum atomic E-state index is -0.588. The average Bonchev–Trinajstić information content (AvgIpc) is 3.00. The summed E-state index contributed by atoms with van der Waals surface area (Å²) in [7, 11) is 0. The molecule has 5 nitrogen and oxygen atoms in total. The second-order valence-corrected chi connectivity index (χ2v) is 7.71. The Morgan fingerprint density at radius 1 is 1.31 bits per heavy atom. The Bertz CT molecular complexity index is 1060. The lowest BCUT2D eigenvalue weighted by molar-refractivity contribution is 0.102. The van der Waals surface area contributed by atoms with E-state index in [1.54, 1.807) is 6.07 Å². The number of pyridine rings is 1. The molecule has 1 aliphatic carbocycles. The van der Waals surface area contributed by atoms with Crippen LogP contribution in [0, 0.1) is 0 Å². The summed E-state index contributed by atoms with van der Waals surface area (Å²) < 4.78 is 0. The van der Waals surface area contributed by atoms with Crippen molar-refractivity contribution in [1.29, 1.82) is 0 Å². The number of thiophene rings is 1. The van der Waals surface area contributed by atoms with Crippen molar-refractivity contribution in [3.05, 3.63) is 56.2 Å². The molecule has 1 amide bonds. The number of carbonyl (C=O) groups is 1. The fraction of sp³-hybridized carbons (Fsp3) is 0.300.